The van der Waals surface area contributed by atoms with Crippen molar-refractivity contribution < 1.29 is 19.4 Å². The minimum atomic E-state index is -0.952. The summed E-state index contributed by atoms with van der Waals surface area (Å²) in [6, 6.07) is 16.4. The standard InChI is InChI=1S/C26H22Cl2O4/c1-2-4-19-12-20-13-21(23(27)24(28)22(20)25(19)29)32-14-15-5-3-6-18(11-15)16-7-9-17(10-8-16)26(30)31/h3,5-11,13,19H,2,4,12,14H2,1H3,(H,30,31). The van der Waals surface area contributed by atoms with Gasteiger partial charge in [-0.05, 0) is 59.4 Å². The van der Waals surface area contributed by atoms with Crippen LogP contribution in [-0.2, 0) is 13.0 Å². The Hall–Kier alpha value is -2.82. The lowest BCUT2D eigenvalue weighted by Gasteiger charge is -2.13. The molecule has 6 heteroatoms. The van der Waals surface area contributed by atoms with E-state index in [0.717, 1.165) is 35.1 Å². The van der Waals surface area contributed by atoms with Gasteiger partial charge in [-0.25, -0.2) is 4.79 Å². The Kier molecular flexibility index (Phi) is 6.54. The monoisotopic (exact) mass is 468 g/mol. The fraction of sp³-hybridized carbons (Fsp3) is 0.231. The summed E-state index contributed by atoms with van der Waals surface area (Å²) in [5.41, 5.74) is 4.47. The summed E-state index contributed by atoms with van der Waals surface area (Å²) in [6.45, 7) is 2.34. The molecule has 0 amide bonds. The molecule has 1 atom stereocenters. The zero-order chi connectivity index (χ0) is 22.8. The normalized spacial score (nSPS) is 15.0. The van der Waals surface area contributed by atoms with Crippen molar-refractivity contribution in [2.45, 2.75) is 32.8 Å². The molecule has 0 bridgehead atoms. The van der Waals surface area contributed by atoms with E-state index < -0.39 is 5.97 Å². The number of carboxylic acids is 1. The van der Waals surface area contributed by atoms with E-state index >= 15 is 0 Å². The predicted molar refractivity (Wildman–Crippen MR) is 126 cm³/mol. The molecular formula is C26H22Cl2O4. The second kappa shape index (κ2) is 9.35. The second-order valence-corrected chi connectivity index (χ2v) is 8.72. The van der Waals surface area contributed by atoms with E-state index in [1.165, 1.54) is 0 Å². The van der Waals surface area contributed by atoms with Crippen molar-refractivity contribution in [3.8, 4) is 16.9 Å². The smallest absolute Gasteiger partial charge is 0.335 e. The lowest BCUT2D eigenvalue weighted by atomic mass is 10.00. The van der Waals surface area contributed by atoms with Gasteiger partial charge in [0, 0.05) is 11.5 Å². The van der Waals surface area contributed by atoms with Gasteiger partial charge in [0.2, 0.25) is 0 Å². The number of hydrogen-bond acceptors (Lipinski definition) is 3. The Morgan fingerprint density at radius 3 is 2.50 bits per heavy atom. The van der Waals surface area contributed by atoms with Crippen LogP contribution in [0.4, 0.5) is 0 Å². The first-order valence-corrected chi connectivity index (χ1v) is 11.2. The topological polar surface area (TPSA) is 63.6 Å². The molecular weight excluding hydrogens is 447 g/mol. The van der Waals surface area contributed by atoms with Gasteiger partial charge in [0.25, 0.3) is 0 Å². The van der Waals surface area contributed by atoms with Gasteiger partial charge in [-0.2, -0.15) is 0 Å². The molecule has 164 valence electrons. The quantitative estimate of drug-likeness (QED) is 0.401. The van der Waals surface area contributed by atoms with Crippen LogP contribution in [0.25, 0.3) is 11.1 Å². The van der Waals surface area contributed by atoms with Gasteiger partial charge in [-0.3, -0.25) is 4.79 Å². The van der Waals surface area contributed by atoms with Crippen molar-refractivity contribution >= 4 is 35.0 Å². The highest BCUT2D eigenvalue weighted by atomic mass is 35.5. The predicted octanol–water partition coefficient (Wildman–Crippen LogP) is 7.09. The molecule has 4 nitrogen and oxygen atoms in total. The average molecular weight is 469 g/mol. The Morgan fingerprint density at radius 2 is 1.81 bits per heavy atom. The molecule has 0 saturated carbocycles. The van der Waals surface area contributed by atoms with Crippen molar-refractivity contribution in [1.29, 1.82) is 0 Å². The van der Waals surface area contributed by atoms with E-state index in [4.69, 9.17) is 33.0 Å². The van der Waals surface area contributed by atoms with E-state index in [-0.39, 0.29) is 33.9 Å². The summed E-state index contributed by atoms with van der Waals surface area (Å²) in [5.74, 6) is -0.451. The second-order valence-electron chi connectivity index (χ2n) is 7.96. The number of ether oxygens (including phenoxy) is 1. The zero-order valence-electron chi connectivity index (χ0n) is 17.5. The number of halogens is 2. The number of carbonyl (C=O) groups is 2. The third kappa shape index (κ3) is 4.38. The molecule has 0 fully saturated rings. The number of fused-ring (bicyclic) bond motifs is 1. The first-order valence-electron chi connectivity index (χ1n) is 10.5. The van der Waals surface area contributed by atoms with Crippen LogP contribution in [0.1, 0.15) is 51.6 Å². The van der Waals surface area contributed by atoms with Gasteiger partial charge >= 0.3 is 5.97 Å². The largest absolute Gasteiger partial charge is 0.487 e. The minimum absolute atomic E-state index is 0.0389. The Labute approximate surface area is 196 Å². The zero-order valence-corrected chi connectivity index (χ0v) is 19.0. The number of carboxylic acid groups (broad SMARTS) is 1. The summed E-state index contributed by atoms with van der Waals surface area (Å²) < 4.78 is 6.00. The lowest BCUT2D eigenvalue weighted by Crippen LogP contribution is -2.08. The van der Waals surface area contributed by atoms with Gasteiger partial charge in [0.05, 0.1) is 10.6 Å². The average Bonchev–Trinajstić information content (AvgIpc) is 3.11. The maximum absolute atomic E-state index is 12.7. The van der Waals surface area contributed by atoms with Crippen LogP contribution in [0, 0.1) is 5.92 Å². The van der Waals surface area contributed by atoms with E-state index in [1.54, 1.807) is 24.3 Å². The molecule has 0 aromatic heterocycles. The molecule has 1 N–H and O–H groups in total. The molecule has 0 heterocycles. The minimum Gasteiger partial charge on any atom is -0.487 e. The molecule has 1 aliphatic rings. The van der Waals surface area contributed by atoms with Crippen molar-refractivity contribution in [3.63, 3.8) is 0 Å². The highest BCUT2D eigenvalue weighted by Gasteiger charge is 2.34. The number of hydrogen-bond donors (Lipinski definition) is 1. The SMILES string of the molecule is CCCC1Cc2cc(OCc3cccc(-c4ccc(C(=O)O)cc4)c3)c(Cl)c(Cl)c2C1=O. The Morgan fingerprint density at radius 1 is 1.06 bits per heavy atom. The number of aromatic carboxylic acids is 1. The molecule has 3 aromatic carbocycles. The summed E-state index contributed by atoms with van der Waals surface area (Å²) in [7, 11) is 0. The van der Waals surface area contributed by atoms with E-state index in [9.17, 15) is 9.59 Å². The van der Waals surface area contributed by atoms with Crippen LogP contribution in [0.3, 0.4) is 0 Å². The first kappa shape index (κ1) is 22.4. The molecule has 0 saturated heterocycles. The van der Waals surface area contributed by atoms with Crippen molar-refractivity contribution in [1.82, 2.24) is 0 Å². The van der Waals surface area contributed by atoms with E-state index in [1.807, 2.05) is 30.3 Å². The Balaban J connectivity index is 1.53. The van der Waals surface area contributed by atoms with Gasteiger partial charge in [0.15, 0.2) is 5.78 Å². The molecule has 1 unspecified atom stereocenters. The highest BCUT2D eigenvalue weighted by molar-refractivity contribution is 6.45. The number of Topliss-reactive ketones (excluding diaryl/α,β-unsaturated/α-hetero) is 1. The third-order valence-corrected chi connectivity index (χ3v) is 6.61. The summed E-state index contributed by atoms with van der Waals surface area (Å²) in [5, 5.41) is 9.60. The molecule has 1 aliphatic carbocycles. The van der Waals surface area contributed by atoms with Crippen molar-refractivity contribution in [3.05, 3.63) is 86.9 Å². The van der Waals surface area contributed by atoms with Crippen LogP contribution >= 0.6 is 23.2 Å². The van der Waals surface area contributed by atoms with Crippen LogP contribution < -0.4 is 4.74 Å². The maximum Gasteiger partial charge on any atom is 0.335 e. The molecule has 3 aromatic rings. The van der Waals surface area contributed by atoms with Gasteiger partial charge in [0.1, 0.15) is 17.4 Å². The number of benzene rings is 3. The number of carbonyl (C=O) groups excluding carboxylic acids is 1. The maximum atomic E-state index is 12.7. The van der Waals surface area contributed by atoms with Crippen molar-refractivity contribution in [2.24, 2.45) is 5.92 Å². The van der Waals surface area contributed by atoms with Gasteiger partial charge in [-0.1, -0.05) is 66.9 Å². The molecule has 0 aliphatic heterocycles. The van der Waals surface area contributed by atoms with Crippen molar-refractivity contribution in [2.75, 3.05) is 0 Å². The van der Waals surface area contributed by atoms with Crippen LogP contribution in [0.15, 0.2) is 54.6 Å². The van der Waals surface area contributed by atoms with Gasteiger partial charge in [-0.15, -0.1) is 0 Å². The summed E-state index contributed by atoms with van der Waals surface area (Å²) in [6.07, 6.45) is 2.43. The highest BCUT2D eigenvalue weighted by Crippen LogP contribution is 2.43. The van der Waals surface area contributed by atoms with Crippen LogP contribution in [0.5, 0.6) is 5.75 Å². The number of rotatable bonds is 7. The summed E-state index contributed by atoms with van der Waals surface area (Å²) in [4.78, 5) is 23.7. The Bertz CT molecular complexity index is 1190. The molecule has 0 spiro atoms. The fourth-order valence-electron chi connectivity index (χ4n) is 4.14. The fourth-order valence-corrected chi connectivity index (χ4v) is 4.65. The molecule has 0 radical (unpaired) electrons. The molecule has 32 heavy (non-hydrogen) atoms. The first-order chi connectivity index (χ1) is 15.4. The van der Waals surface area contributed by atoms with Gasteiger partial charge < -0.3 is 9.84 Å². The summed E-state index contributed by atoms with van der Waals surface area (Å²) >= 11 is 12.9. The number of ketones is 1. The molecule has 4 rings (SSSR count). The van der Waals surface area contributed by atoms with Crippen LogP contribution in [-0.4, -0.2) is 16.9 Å². The van der Waals surface area contributed by atoms with Crippen LogP contribution in [0.2, 0.25) is 10.0 Å². The lowest BCUT2D eigenvalue weighted by molar-refractivity contribution is 0.0696. The third-order valence-electron chi connectivity index (χ3n) is 5.76. The van der Waals surface area contributed by atoms with E-state index in [0.29, 0.717) is 17.7 Å². The van der Waals surface area contributed by atoms with E-state index in [2.05, 4.69) is 6.92 Å².